The molecule has 0 bridgehead atoms. The van der Waals surface area contributed by atoms with Crippen molar-refractivity contribution in [1.82, 2.24) is 0 Å². The number of carbonyl (C=O) groups is 1. The number of ether oxygens (including phenoxy) is 1. The van der Waals surface area contributed by atoms with E-state index in [0.29, 0.717) is 12.3 Å². The maximum atomic E-state index is 11.2. The lowest BCUT2D eigenvalue weighted by Crippen LogP contribution is -2.11. The summed E-state index contributed by atoms with van der Waals surface area (Å²) in [4.78, 5) is 17.5. The van der Waals surface area contributed by atoms with Gasteiger partial charge in [0.05, 0.1) is 12.3 Å². The van der Waals surface area contributed by atoms with Gasteiger partial charge in [-0.3, -0.25) is 0 Å². The van der Waals surface area contributed by atoms with Crippen LogP contribution in [-0.2, 0) is 14.4 Å². The van der Waals surface area contributed by atoms with Gasteiger partial charge in [0.15, 0.2) is 0 Å². The molecule has 0 unspecified atom stereocenters. The molecule has 0 radical (unpaired) electrons. The number of esters is 1. The van der Waals surface area contributed by atoms with Crippen LogP contribution in [0.15, 0.2) is 59.8 Å². The average Bonchev–Trinajstić information content (AvgIpc) is 3.06. The average molecular weight is 353 g/mol. The Morgan fingerprint density at radius 1 is 1.12 bits per heavy atom. The van der Waals surface area contributed by atoms with Crippen molar-refractivity contribution in [1.29, 1.82) is 0 Å². The maximum Gasteiger partial charge on any atom is 0.347 e. The zero-order valence-corrected chi connectivity index (χ0v) is 15.0. The molecule has 0 aliphatic carbocycles. The normalized spacial score (nSPS) is 11.5. The third-order valence-electron chi connectivity index (χ3n) is 3.70. The molecular formula is C20H19NO3S. The molecule has 0 aliphatic rings. The van der Waals surface area contributed by atoms with E-state index in [4.69, 9.17) is 9.57 Å². The summed E-state index contributed by atoms with van der Waals surface area (Å²) in [5.74, 6) is -0.417. The van der Waals surface area contributed by atoms with Crippen molar-refractivity contribution in [2.45, 2.75) is 13.8 Å². The van der Waals surface area contributed by atoms with Crippen LogP contribution >= 0.6 is 11.3 Å². The highest BCUT2D eigenvalue weighted by atomic mass is 32.1. The fraction of sp³-hybridized carbons (Fsp3) is 0.200. The van der Waals surface area contributed by atoms with Gasteiger partial charge in [-0.2, -0.15) is 0 Å². The van der Waals surface area contributed by atoms with E-state index in [1.54, 1.807) is 18.3 Å². The highest BCUT2D eigenvalue weighted by molar-refractivity contribution is 7.22. The number of carbonyl (C=O) groups excluding carboxylic acids is 1. The second-order valence-electron chi connectivity index (χ2n) is 5.48. The van der Waals surface area contributed by atoms with Gasteiger partial charge in [-0.05, 0) is 42.5 Å². The Morgan fingerprint density at radius 2 is 1.88 bits per heavy atom. The van der Waals surface area contributed by atoms with Crippen LogP contribution in [-0.4, -0.2) is 24.9 Å². The Bertz CT molecular complexity index is 864. The molecule has 0 atom stereocenters. The number of fused-ring (bicyclic) bond motifs is 1. The summed E-state index contributed by atoms with van der Waals surface area (Å²) in [6.07, 6.45) is 0. The molecule has 0 amide bonds. The van der Waals surface area contributed by atoms with Crippen LogP contribution in [0.4, 0.5) is 0 Å². The minimum absolute atomic E-state index is 0.176. The van der Waals surface area contributed by atoms with E-state index < -0.39 is 5.97 Å². The van der Waals surface area contributed by atoms with Crippen LogP contribution in [0.2, 0.25) is 0 Å². The zero-order valence-electron chi connectivity index (χ0n) is 14.2. The molecule has 0 saturated carbocycles. The molecule has 1 aromatic heterocycles. The van der Waals surface area contributed by atoms with Gasteiger partial charge in [0, 0.05) is 9.58 Å². The molecule has 4 nitrogen and oxygen atoms in total. The molecule has 2 aromatic carbocycles. The molecule has 128 valence electrons. The quantitative estimate of drug-likeness (QED) is 0.361. The first kappa shape index (κ1) is 17.2. The molecule has 25 heavy (non-hydrogen) atoms. The second kappa shape index (κ2) is 7.94. The van der Waals surface area contributed by atoms with Gasteiger partial charge in [0.2, 0.25) is 6.61 Å². The summed E-state index contributed by atoms with van der Waals surface area (Å²) in [5.41, 5.74) is 2.84. The zero-order chi connectivity index (χ0) is 17.6. The molecule has 1 heterocycles. The largest absolute Gasteiger partial charge is 0.463 e. The van der Waals surface area contributed by atoms with Crippen molar-refractivity contribution < 1.29 is 14.4 Å². The molecule has 0 saturated heterocycles. The van der Waals surface area contributed by atoms with Crippen LogP contribution < -0.4 is 0 Å². The first-order valence-electron chi connectivity index (χ1n) is 8.09. The number of nitrogens with zero attached hydrogens (tertiary/aromatic N) is 1. The molecule has 0 aliphatic heterocycles. The summed E-state index contributed by atoms with van der Waals surface area (Å²) >= 11 is 1.78. The van der Waals surface area contributed by atoms with Crippen molar-refractivity contribution in [2.24, 2.45) is 5.16 Å². The number of thiophene rings is 1. The van der Waals surface area contributed by atoms with E-state index in [-0.39, 0.29) is 6.61 Å². The van der Waals surface area contributed by atoms with Crippen LogP contribution in [0.3, 0.4) is 0 Å². The Hall–Kier alpha value is -2.66. The van der Waals surface area contributed by atoms with Gasteiger partial charge >= 0.3 is 5.97 Å². The molecule has 0 fully saturated rings. The van der Waals surface area contributed by atoms with Crippen molar-refractivity contribution in [3.05, 3.63) is 60.2 Å². The molecule has 0 spiro atoms. The topological polar surface area (TPSA) is 47.9 Å². The Labute approximate surface area is 150 Å². The predicted octanol–water partition coefficient (Wildman–Crippen LogP) is 4.87. The summed E-state index contributed by atoms with van der Waals surface area (Å²) in [7, 11) is 0. The lowest BCUT2D eigenvalue weighted by molar-refractivity contribution is -0.148. The lowest BCUT2D eigenvalue weighted by atomic mass is 10.1. The highest BCUT2D eigenvalue weighted by Gasteiger charge is 2.06. The molecular weight excluding hydrogens is 334 g/mol. The van der Waals surface area contributed by atoms with Crippen LogP contribution in [0, 0.1) is 0 Å². The maximum absolute atomic E-state index is 11.2. The van der Waals surface area contributed by atoms with Gasteiger partial charge in [-0.15, -0.1) is 11.3 Å². The standard InChI is InChI=1S/C20H19NO3S/c1-3-23-20(22)13-24-21-14(2)15-8-10-16(11-9-15)19-12-17-6-4-5-7-18(17)25-19/h4-12H,3,13H2,1-2H3. The first-order valence-corrected chi connectivity index (χ1v) is 8.90. The highest BCUT2D eigenvalue weighted by Crippen LogP contribution is 2.33. The van der Waals surface area contributed by atoms with Gasteiger partial charge in [-0.1, -0.05) is 47.6 Å². The SMILES string of the molecule is CCOC(=O)CON=C(C)c1ccc(-c2cc3ccccc3s2)cc1. The van der Waals surface area contributed by atoms with Crippen molar-refractivity contribution in [3.63, 3.8) is 0 Å². The van der Waals surface area contributed by atoms with E-state index >= 15 is 0 Å². The monoisotopic (exact) mass is 353 g/mol. The number of hydrogen-bond acceptors (Lipinski definition) is 5. The molecule has 0 N–H and O–H groups in total. The Balaban J connectivity index is 1.70. The number of oxime groups is 1. The minimum Gasteiger partial charge on any atom is -0.463 e. The lowest BCUT2D eigenvalue weighted by Gasteiger charge is -2.04. The third kappa shape index (κ3) is 4.25. The minimum atomic E-state index is -0.417. The van der Waals surface area contributed by atoms with Gasteiger partial charge < -0.3 is 9.57 Å². The number of benzene rings is 2. The summed E-state index contributed by atoms with van der Waals surface area (Å²) < 4.78 is 6.07. The van der Waals surface area contributed by atoms with Crippen LogP contribution in [0.5, 0.6) is 0 Å². The van der Waals surface area contributed by atoms with E-state index in [1.807, 2.05) is 19.1 Å². The number of rotatable bonds is 6. The second-order valence-corrected chi connectivity index (χ2v) is 6.56. The Kier molecular flexibility index (Phi) is 5.46. The smallest absolute Gasteiger partial charge is 0.347 e. The van der Waals surface area contributed by atoms with Crippen molar-refractivity contribution in [3.8, 4) is 10.4 Å². The van der Waals surface area contributed by atoms with Gasteiger partial charge in [-0.25, -0.2) is 4.79 Å². The third-order valence-corrected chi connectivity index (χ3v) is 4.87. The summed E-state index contributed by atoms with van der Waals surface area (Å²) in [6, 6.07) is 18.7. The number of hydrogen-bond donors (Lipinski definition) is 0. The molecule has 3 aromatic rings. The fourth-order valence-corrected chi connectivity index (χ4v) is 3.51. The van der Waals surface area contributed by atoms with Crippen LogP contribution in [0.25, 0.3) is 20.5 Å². The van der Waals surface area contributed by atoms with E-state index in [9.17, 15) is 4.79 Å². The van der Waals surface area contributed by atoms with E-state index in [0.717, 1.165) is 5.56 Å². The van der Waals surface area contributed by atoms with Crippen LogP contribution in [0.1, 0.15) is 19.4 Å². The van der Waals surface area contributed by atoms with Gasteiger partial charge in [0.1, 0.15) is 0 Å². The fourth-order valence-electron chi connectivity index (χ4n) is 2.44. The first-order chi connectivity index (χ1) is 12.2. The summed E-state index contributed by atoms with van der Waals surface area (Å²) in [5, 5.41) is 5.23. The van der Waals surface area contributed by atoms with Crippen molar-refractivity contribution >= 4 is 33.1 Å². The summed E-state index contributed by atoms with van der Waals surface area (Å²) in [6.45, 7) is 3.76. The Morgan fingerprint density at radius 3 is 2.60 bits per heavy atom. The molecule has 5 heteroatoms. The van der Waals surface area contributed by atoms with E-state index in [2.05, 4.69) is 47.6 Å². The molecule has 3 rings (SSSR count). The van der Waals surface area contributed by atoms with Gasteiger partial charge in [0.25, 0.3) is 0 Å². The van der Waals surface area contributed by atoms with E-state index in [1.165, 1.54) is 20.5 Å². The van der Waals surface area contributed by atoms with Crippen molar-refractivity contribution in [2.75, 3.05) is 13.2 Å². The predicted molar refractivity (Wildman–Crippen MR) is 102 cm³/mol.